The van der Waals surface area contributed by atoms with Gasteiger partial charge < -0.3 is 15.4 Å². The van der Waals surface area contributed by atoms with Gasteiger partial charge in [0.2, 0.25) is 5.91 Å². The van der Waals surface area contributed by atoms with Crippen molar-refractivity contribution in [1.29, 1.82) is 0 Å². The highest BCUT2D eigenvalue weighted by Gasteiger charge is 2.56. The topological polar surface area (TPSA) is 68.2 Å². The molecule has 3 fully saturated rings. The Kier molecular flexibility index (Phi) is 5.06. The number of aryl methyl sites for hydroxylation is 1. The molecule has 26 heavy (non-hydrogen) atoms. The molecule has 4 rings (SSSR count). The predicted octanol–water partition coefficient (Wildman–Crippen LogP) is 1.97. The number of carbonyl (C=O) groups is 1. The Hall–Kier alpha value is -1.40. The molecule has 6 nitrogen and oxygen atoms in total. The smallest absolute Gasteiger partial charge is 0.225 e. The molecule has 1 aliphatic heterocycles. The molecule has 4 atom stereocenters. The minimum Gasteiger partial charge on any atom is -0.378 e. The summed E-state index contributed by atoms with van der Waals surface area (Å²) >= 11 is 0. The van der Waals surface area contributed by atoms with Crippen LogP contribution in [0, 0.1) is 11.3 Å². The Morgan fingerprint density at radius 3 is 2.88 bits per heavy atom. The standard InChI is InChI=1S/C20H32N4O2/c1-3-26-18-9-17(20(18)7-5-4-6-8-20)23-19(25)16-12-21-11-15(16)14-10-22-24(2)13-14/h10,13,15-18,21H,3-9,11-12H2,1-2H3,(H,23,25)/t15-,16+,17?,18?/m1/s1. The molecule has 1 aromatic rings. The first-order valence-corrected chi connectivity index (χ1v) is 10.3. The summed E-state index contributed by atoms with van der Waals surface area (Å²) in [5, 5.41) is 11.1. The number of aromatic nitrogens is 2. The zero-order valence-electron chi connectivity index (χ0n) is 16.0. The molecule has 2 aliphatic carbocycles. The molecule has 2 N–H and O–H groups in total. The fourth-order valence-electron chi connectivity index (χ4n) is 5.48. The predicted molar refractivity (Wildman–Crippen MR) is 99.8 cm³/mol. The van der Waals surface area contributed by atoms with Crippen molar-refractivity contribution in [3.8, 4) is 0 Å². The third-order valence-electron chi connectivity index (χ3n) is 6.96. The summed E-state index contributed by atoms with van der Waals surface area (Å²) in [5.74, 6) is 0.411. The highest BCUT2D eigenvalue weighted by Crippen LogP contribution is 2.53. The van der Waals surface area contributed by atoms with E-state index >= 15 is 0 Å². The summed E-state index contributed by atoms with van der Waals surface area (Å²) < 4.78 is 7.84. The molecule has 144 valence electrons. The van der Waals surface area contributed by atoms with Crippen LogP contribution in [0.4, 0.5) is 0 Å². The average molecular weight is 361 g/mol. The summed E-state index contributed by atoms with van der Waals surface area (Å²) in [6, 6.07) is 0.280. The van der Waals surface area contributed by atoms with E-state index in [-0.39, 0.29) is 29.2 Å². The Labute approximate surface area is 156 Å². The molecule has 1 aromatic heterocycles. The molecule has 2 heterocycles. The van der Waals surface area contributed by atoms with E-state index < -0.39 is 0 Å². The van der Waals surface area contributed by atoms with Gasteiger partial charge in [0, 0.05) is 50.3 Å². The van der Waals surface area contributed by atoms with Crippen LogP contribution >= 0.6 is 0 Å². The number of nitrogens with one attached hydrogen (secondary N) is 2. The van der Waals surface area contributed by atoms with Gasteiger partial charge in [0.15, 0.2) is 0 Å². The van der Waals surface area contributed by atoms with Crippen molar-refractivity contribution < 1.29 is 9.53 Å². The van der Waals surface area contributed by atoms with Crippen LogP contribution in [0.3, 0.4) is 0 Å². The van der Waals surface area contributed by atoms with Crippen molar-refractivity contribution in [2.75, 3.05) is 19.7 Å². The first kappa shape index (κ1) is 18.0. The van der Waals surface area contributed by atoms with E-state index in [4.69, 9.17) is 4.74 Å². The number of rotatable bonds is 5. The fourth-order valence-corrected chi connectivity index (χ4v) is 5.48. The average Bonchev–Trinajstić information content (AvgIpc) is 3.30. The lowest BCUT2D eigenvalue weighted by molar-refractivity contribution is -0.158. The van der Waals surface area contributed by atoms with Crippen molar-refractivity contribution in [3.05, 3.63) is 18.0 Å². The van der Waals surface area contributed by atoms with Crippen molar-refractivity contribution >= 4 is 5.91 Å². The molecular weight excluding hydrogens is 328 g/mol. The number of carbonyl (C=O) groups excluding carboxylic acids is 1. The Balaban J connectivity index is 1.44. The van der Waals surface area contributed by atoms with Gasteiger partial charge in [-0.1, -0.05) is 19.3 Å². The minimum atomic E-state index is -0.00835. The van der Waals surface area contributed by atoms with Gasteiger partial charge in [-0.15, -0.1) is 0 Å². The number of nitrogens with zero attached hydrogens (tertiary/aromatic N) is 2. The Morgan fingerprint density at radius 2 is 2.19 bits per heavy atom. The molecule has 2 saturated carbocycles. The largest absolute Gasteiger partial charge is 0.378 e. The van der Waals surface area contributed by atoms with E-state index in [1.165, 1.54) is 32.1 Å². The molecule has 0 bridgehead atoms. The van der Waals surface area contributed by atoms with Gasteiger partial charge in [0.05, 0.1) is 18.2 Å². The highest BCUT2D eigenvalue weighted by atomic mass is 16.5. The van der Waals surface area contributed by atoms with Crippen LogP contribution in [0.25, 0.3) is 0 Å². The fraction of sp³-hybridized carbons (Fsp3) is 0.800. The molecule has 2 unspecified atom stereocenters. The normalized spacial score (nSPS) is 33.2. The van der Waals surface area contributed by atoms with Crippen LogP contribution in [-0.2, 0) is 16.6 Å². The maximum atomic E-state index is 13.1. The summed E-state index contributed by atoms with van der Waals surface area (Å²) in [4.78, 5) is 13.1. The molecule has 1 spiro atoms. The lowest BCUT2D eigenvalue weighted by Crippen LogP contribution is -2.66. The van der Waals surface area contributed by atoms with Crippen LogP contribution in [0.1, 0.15) is 56.9 Å². The maximum Gasteiger partial charge on any atom is 0.225 e. The van der Waals surface area contributed by atoms with E-state index in [1.54, 1.807) is 0 Å². The van der Waals surface area contributed by atoms with Gasteiger partial charge in [0.25, 0.3) is 0 Å². The molecular formula is C20H32N4O2. The van der Waals surface area contributed by atoms with Crippen LogP contribution < -0.4 is 10.6 Å². The summed E-state index contributed by atoms with van der Waals surface area (Å²) in [6.45, 7) is 4.44. The third-order valence-corrected chi connectivity index (χ3v) is 6.96. The number of ether oxygens (including phenoxy) is 1. The second-order valence-corrected chi connectivity index (χ2v) is 8.35. The van der Waals surface area contributed by atoms with E-state index in [1.807, 2.05) is 24.1 Å². The minimum absolute atomic E-state index is 0.00835. The van der Waals surface area contributed by atoms with E-state index in [9.17, 15) is 4.79 Å². The van der Waals surface area contributed by atoms with E-state index in [2.05, 4.69) is 22.7 Å². The van der Waals surface area contributed by atoms with Gasteiger partial charge in [-0.25, -0.2) is 0 Å². The number of amides is 1. The van der Waals surface area contributed by atoms with Gasteiger partial charge in [0.1, 0.15) is 0 Å². The summed E-state index contributed by atoms with van der Waals surface area (Å²) in [7, 11) is 1.93. The molecule has 3 aliphatic rings. The van der Waals surface area contributed by atoms with Crippen molar-refractivity contribution in [2.45, 2.75) is 63.5 Å². The van der Waals surface area contributed by atoms with Crippen LogP contribution in [0.5, 0.6) is 0 Å². The molecule has 1 amide bonds. The zero-order valence-corrected chi connectivity index (χ0v) is 16.0. The lowest BCUT2D eigenvalue weighted by Gasteiger charge is -2.57. The van der Waals surface area contributed by atoms with Crippen LogP contribution in [-0.4, -0.2) is 47.5 Å². The second kappa shape index (κ2) is 7.31. The van der Waals surface area contributed by atoms with Crippen molar-refractivity contribution in [1.82, 2.24) is 20.4 Å². The van der Waals surface area contributed by atoms with Crippen LogP contribution in [0.2, 0.25) is 0 Å². The Morgan fingerprint density at radius 1 is 1.38 bits per heavy atom. The van der Waals surface area contributed by atoms with Gasteiger partial charge >= 0.3 is 0 Å². The Bertz CT molecular complexity index is 638. The maximum absolute atomic E-state index is 13.1. The monoisotopic (exact) mass is 360 g/mol. The lowest BCUT2D eigenvalue weighted by atomic mass is 9.55. The quantitative estimate of drug-likeness (QED) is 0.842. The SMILES string of the molecule is CCOC1CC(NC(=O)[C@H]2CNC[C@@H]2c2cnn(C)c2)C12CCCCC2. The van der Waals surface area contributed by atoms with E-state index in [0.717, 1.165) is 31.7 Å². The number of hydrogen-bond donors (Lipinski definition) is 2. The van der Waals surface area contributed by atoms with Crippen molar-refractivity contribution in [3.63, 3.8) is 0 Å². The molecule has 0 aromatic carbocycles. The number of hydrogen-bond acceptors (Lipinski definition) is 4. The summed E-state index contributed by atoms with van der Waals surface area (Å²) in [6.07, 6.45) is 11.5. The van der Waals surface area contributed by atoms with E-state index in [0.29, 0.717) is 6.10 Å². The zero-order chi connectivity index (χ0) is 18.1. The first-order valence-electron chi connectivity index (χ1n) is 10.3. The van der Waals surface area contributed by atoms with Gasteiger partial charge in [-0.2, -0.15) is 5.10 Å². The molecule has 0 radical (unpaired) electrons. The van der Waals surface area contributed by atoms with Crippen LogP contribution in [0.15, 0.2) is 12.4 Å². The highest BCUT2D eigenvalue weighted by molar-refractivity contribution is 5.81. The van der Waals surface area contributed by atoms with Crippen molar-refractivity contribution in [2.24, 2.45) is 18.4 Å². The molecule has 6 heteroatoms. The van der Waals surface area contributed by atoms with Gasteiger partial charge in [-0.05, 0) is 31.7 Å². The third kappa shape index (κ3) is 3.07. The molecule has 1 saturated heterocycles. The second-order valence-electron chi connectivity index (χ2n) is 8.35. The van der Waals surface area contributed by atoms with Gasteiger partial charge in [-0.3, -0.25) is 9.48 Å². The summed E-state index contributed by atoms with van der Waals surface area (Å²) in [5.41, 5.74) is 1.34. The first-order chi connectivity index (χ1) is 12.6.